The molecule has 0 aliphatic carbocycles. The van der Waals surface area contributed by atoms with Gasteiger partial charge in [0.05, 0.1) is 24.8 Å². The third-order valence-corrected chi connectivity index (χ3v) is 7.62. The normalized spacial score (nSPS) is 27.5. The van der Waals surface area contributed by atoms with E-state index in [1.54, 1.807) is 16.4 Å². The number of amides is 3. The number of carboxylic acid groups (broad SMARTS) is 1. The van der Waals surface area contributed by atoms with E-state index < -0.39 is 48.7 Å². The number of carbonyl (C=O) groups is 3. The summed E-state index contributed by atoms with van der Waals surface area (Å²) in [6.45, 7) is 2.93. The Morgan fingerprint density at radius 2 is 1.88 bits per heavy atom. The van der Waals surface area contributed by atoms with Crippen molar-refractivity contribution in [1.82, 2.24) is 29.7 Å². The Labute approximate surface area is 235 Å². The van der Waals surface area contributed by atoms with Crippen LogP contribution in [0, 0.1) is 5.92 Å². The quantitative estimate of drug-likeness (QED) is 0.385. The second-order valence-electron chi connectivity index (χ2n) is 10.3. The van der Waals surface area contributed by atoms with Crippen LogP contribution >= 0.6 is 0 Å². The number of hydrogen-bond donors (Lipinski definition) is 3. The molecule has 4 unspecified atom stereocenters. The molecule has 216 valence electrons. The molecule has 2 aromatic heterocycles. The number of carboxylic acids is 1. The Kier molecular flexibility index (Phi) is 7.51. The monoisotopic (exact) mass is 565 g/mol. The topological polar surface area (TPSA) is 170 Å². The molecular weight excluding hydrogens is 534 g/mol. The van der Waals surface area contributed by atoms with Crippen molar-refractivity contribution in [3.63, 3.8) is 0 Å². The molecule has 41 heavy (non-hydrogen) atoms. The van der Waals surface area contributed by atoms with Gasteiger partial charge in [-0.3, -0.25) is 19.5 Å². The van der Waals surface area contributed by atoms with E-state index in [1.165, 1.54) is 12.7 Å². The molecule has 14 heteroatoms. The van der Waals surface area contributed by atoms with Crippen molar-refractivity contribution in [2.45, 2.75) is 57.0 Å². The Morgan fingerprint density at radius 1 is 1.07 bits per heavy atom. The minimum absolute atomic E-state index is 0.000480. The van der Waals surface area contributed by atoms with Gasteiger partial charge in [0.1, 0.15) is 18.5 Å². The second-order valence-corrected chi connectivity index (χ2v) is 10.3. The van der Waals surface area contributed by atoms with E-state index in [-0.39, 0.29) is 24.7 Å². The fourth-order valence-electron chi connectivity index (χ4n) is 5.64. The number of aliphatic carboxylic acids is 1. The number of nitrogens with one attached hydrogen (secondary N) is 2. The van der Waals surface area contributed by atoms with Gasteiger partial charge in [-0.15, -0.1) is 0 Å². The molecule has 0 radical (unpaired) electrons. The van der Waals surface area contributed by atoms with Crippen LogP contribution in [-0.2, 0) is 23.8 Å². The predicted molar refractivity (Wildman–Crippen MR) is 142 cm³/mol. The van der Waals surface area contributed by atoms with Crippen LogP contribution in [0.25, 0.3) is 11.2 Å². The SMILES string of the molecule is CCNC(=O)Nc1ncnc2c1ncn2C1OC(CC(=O)N2CCC[C@@H](C(=O)O)C2)C2O[C@H](c3ccccc3)OC21. The van der Waals surface area contributed by atoms with Gasteiger partial charge >= 0.3 is 12.0 Å². The predicted octanol–water partition coefficient (Wildman–Crippen LogP) is 2.06. The van der Waals surface area contributed by atoms with Crippen LogP contribution in [-0.4, -0.2) is 85.4 Å². The van der Waals surface area contributed by atoms with E-state index in [9.17, 15) is 19.5 Å². The number of aromatic nitrogens is 4. The molecule has 3 aliphatic rings. The zero-order chi connectivity index (χ0) is 28.5. The molecular formula is C27H31N7O7. The number of nitrogens with zero attached hydrogens (tertiary/aromatic N) is 5. The summed E-state index contributed by atoms with van der Waals surface area (Å²) in [7, 11) is 0. The van der Waals surface area contributed by atoms with Gasteiger partial charge in [0.25, 0.3) is 0 Å². The summed E-state index contributed by atoms with van der Waals surface area (Å²) < 4.78 is 20.8. The molecule has 14 nitrogen and oxygen atoms in total. The molecule has 6 rings (SSSR count). The summed E-state index contributed by atoms with van der Waals surface area (Å²) in [6.07, 6.45) is 0.792. The van der Waals surface area contributed by atoms with Crippen molar-refractivity contribution in [3.8, 4) is 0 Å². The summed E-state index contributed by atoms with van der Waals surface area (Å²) >= 11 is 0. The van der Waals surface area contributed by atoms with Gasteiger partial charge in [0, 0.05) is 25.2 Å². The van der Waals surface area contributed by atoms with Gasteiger partial charge in [-0.25, -0.2) is 19.7 Å². The lowest BCUT2D eigenvalue weighted by Gasteiger charge is -2.31. The van der Waals surface area contributed by atoms with E-state index in [0.717, 1.165) is 5.56 Å². The lowest BCUT2D eigenvalue weighted by molar-refractivity contribution is -0.157. The third-order valence-electron chi connectivity index (χ3n) is 7.62. The first-order chi connectivity index (χ1) is 19.9. The van der Waals surface area contributed by atoms with E-state index in [4.69, 9.17) is 14.2 Å². The van der Waals surface area contributed by atoms with E-state index in [0.29, 0.717) is 37.1 Å². The molecule has 3 N–H and O–H groups in total. The minimum atomic E-state index is -0.895. The van der Waals surface area contributed by atoms with Crippen molar-refractivity contribution in [1.29, 1.82) is 0 Å². The van der Waals surface area contributed by atoms with E-state index in [2.05, 4.69) is 25.6 Å². The Bertz CT molecular complexity index is 1430. The number of piperidine rings is 1. The molecule has 3 aromatic rings. The van der Waals surface area contributed by atoms with Crippen molar-refractivity contribution >= 4 is 34.9 Å². The van der Waals surface area contributed by atoms with Crippen LogP contribution in [0.3, 0.4) is 0 Å². The molecule has 0 saturated carbocycles. The molecule has 1 aromatic carbocycles. The molecule has 3 fully saturated rings. The number of imidazole rings is 1. The summed E-state index contributed by atoms with van der Waals surface area (Å²) in [4.78, 5) is 51.6. The summed E-state index contributed by atoms with van der Waals surface area (Å²) in [6, 6.07) is 9.08. The van der Waals surface area contributed by atoms with E-state index >= 15 is 0 Å². The first-order valence-corrected chi connectivity index (χ1v) is 13.7. The minimum Gasteiger partial charge on any atom is -0.481 e. The smallest absolute Gasteiger partial charge is 0.320 e. The molecule has 3 amide bonds. The van der Waals surface area contributed by atoms with Crippen LogP contribution in [0.2, 0.25) is 0 Å². The highest BCUT2D eigenvalue weighted by Gasteiger charge is 2.54. The van der Waals surface area contributed by atoms with Gasteiger partial charge in [-0.1, -0.05) is 30.3 Å². The first-order valence-electron chi connectivity index (χ1n) is 13.7. The fraction of sp³-hybridized carbons (Fsp3) is 0.481. The largest absolute Gasteiger partial charge is 0.481 e. The zero-order valence-corrected chi connectivity index (χ0v) is 22.4. The Morgan fingerprint density at radius 3 is 2.66 bits per heavy atom. The Balaban J connectivity index is 1.27. The van der Waals surface area contributed by atoms with Gasteiger partial charge in [0.15, 0.2) is 29.5 Å². The maximum absolute atomic E-state index is 13.3. The first kappa shape index (κ1) is 27.1. The maximum Gasteiger partial charge on any atom is 0.320 e. The maximum atomic E-state index is 13.3. The number of benzene rings is 1. The number of urea groups is 1. The lowest BCUT2D eigenvalue weighted by Crippen LogP contribution is -2.44. The van der Waals surface area contributed by atoms with Crippen molar-refractivity contribution in [2.24, 2.45) is 5.92 Å². The average molecular weight is 566 g/mol. The molecule has 3 aliphatic heterocycles. The van der Waals surface area contributed by atoms with Crippen LogP contribution < -0.4 is 10.6 Å². The molecule has 0 bridgehead atoms. The number of rotatable bonds is 7. The van der Waals surface area contributed by atoms with Gasteiger partial charge in [0.2, 0.25) is 5.91 Å². The van der Waals surface area contributed by atoms with Crippen LogP contribution in [0.4, 0.5) is 10.6 Å². The number of anilines is 1. The van der Waals surface area contributed by atoms with Gasteiger partial charge in [-0.2, -0.15) is 0 Å². The van der Waals surface area contributed by atoms with Crippen LogP contribution in [0.1, 0.15) is 44.3 Å². The molecule has 0 spiro atoms. The fourth-order valence-corrected chi connectivity index (χ4v) is 5.64. The van der Waals surface area contributed by atoms with Gasteiger partial charge in [-0.05, 0) is 19.8 Å². The highest BCUT2D eigenvalue weighted by molar-refractivity contribution is 5.95. The van der Waals surface area contributed by atoms with E-state index in [1.807, 2.05) is 30.3 Å². The molecule has 3 saturated heterocycles. The third kappa shape index (κ3) is 5.33. The average Bonchev–Trinajstić information content (AvgIpc) is 3.69. The van der Waals surface area contributed by atoms with Crippen molar-refractivity contribution in [3.05, 3.63) is 48.5 Å². The highest BCUT2D eigenvalue weighted by Crippen LogP contribution is 2.46. The zero-order valence-electron chi connectivity index (χ0n) is 22.4. The number of ether oxygens (including phenoxy) is 3. The van der Waals surface area contributed by atoms with Crippen LogP contribution in [0.15, 0.2) is 43.0 Å². The van der Waals surface area contributed by atoms with Gasteiger partial charge < -0.3 is 29.5 Å². The summed E-state index contributed by atoms with van der Waals surface area (Å²) in [5, 5.41) is 14.8. The van der Waals surface area contributed by atoms with Crippen molar-refractivity contribution in [2.75, 3.05) is 25.0 Å². The standard InChI is InChI=1S/C27H31N7O7/c1-2-28-27(38)32-22-19-23(30-13-29-22)34(14-31-19)24-21-20(40-26(41-21)15-7-4-3-5-8-15)17(39-24)11-18(35)33-10-6-9-16(12-33)25(36)37/h3-5,7-8,13-14,16-17,20-21,24,26H,2,6,9-12H2,1H3,(H,36,37)(H2,28,29,30,32,38)/t16-,17?,20?,21?,24?,26+/m1/s1. The number of hydrogen-bond acceptors (Lipinski definition) is 9. The summed E-state index contributed by atoms with van der Waals surface area (Å²) in [5.41, 5.74) is 1.61. The number of carbonyl (C=O) groups excluding carboxylic acids is 2. The lowest BCUT2D eigenvalue weighted by atomic mass is 9.97. The van der Waals surface area contributed by atoms with Crippen molar-refractivity contribution < 1.29 is 33.7 Å². The highest BCUT2D eigenvalue weighted by atomic mass is 16.8. The Hall–Kier alpha value is -4.14. The number of fused-ring (bicyclic) bond motifs is 2. The second kappa shape index (κ2) is 11.4. The molecule has 5 heterocycles. The molecule has 6 atom stereocenters. The summed E-state index contributed by atoms with van der Waals surface area (Å²) in [5.74, 6) is -1.43. The number of likely N-dealkylation sites (tertiary alicyclic amines) is 1. The van der Waals surface area contributed by atoms with Crippen LogP contribution in [0.5, 0.6) is 0 Å².